The number of hydrogen-bond acceptors (Lipinski definition) is 3. The summed E-state index contributed by atoms with van der Waals surface area (Å²) < 4.78 is 5.32. The van der Waals surface area contributed by atoms with Gasteiger partial charge in [-0.05, 0) is 31.0 Å². The fourth-order valence-corrected chi connectivity index (χ4v) is 3.63. The molecule has 0 radical (unpaired) electrons. The van der Waals surface area contributed by atoms with Crippen molar-refractivity contribution in [3.8, 4) is 5.75 Å². The Morgan fingerprint density at radius 2 is 1.92 bits per heavy atom. The molecule has 2 aromatic carbocycles. The second-order valence-corrected chi connectivity index (χ2v) is 6.21. The van der Waals surface area contributed by atoms with Crippen LogP contribution in [0.4, 0.5) is 11.4 Å². The lowest BCUT2D eigenvalue weighted by molar-refractivity contribution is -0.112. The van der Waals surface area contributed by atoms with Gasteiger partial charge in [-0.25, -0.2) is 0 Å². The third kappa shape index (κ3) is 2.18. The van der Waals surface area contributed by atoms with Gasteiger partial charge in [0, 0.05) is 30.9 Å². The SMILES string of the molecule is COc1cccc(N2C(=O)/C(=C3\CCCN3C)c3ccccc32)c1. The number of rotatable bonds is 2. The normalized spacial score (nSPS) is 19.8. The number of anilines is 2. The molecule has 4 heteroatoms. The highest BCUT2D eigenvalue weighted by Crippen LogP contribution is 2.45. The van der Waals surface area contributed by atoms with Crippen LogP contribution in [0, 0.1) is 0 Å². The monoisotopic (exact) mass is 320 g/mol. The van der Waals surface area contributed by atoms with E-state index in [0.717, 1.165) is 53.3 Å². The summed E-state index contributed by atoms with van der Waals surface area (Å²) in [6, 6.07) is 15.7. The van der Waals surface area contributed by atoms with Crippen LogP contribution in [0.2, 0.25) is 0 Å². The standard InChI is InChI=1S/C20H20N2O2/c1-21-12-6-11-18(21)19-16-9-3-4-10-17(16)22(20(19)23)14-7-5-8-15(13-14)24-2/h3-5,7-10,13H,6,11-12H2,1-2H3/b19-18+. The summed E-state index contributed by atoms with van der Waals surface area (Å²) in [6.07, 6.45) is 2.06. The lowest BCUT2D eigenvalue weighted by atomic mass is 10.0. The minimum absolute atomic E-state index is 0.0493. The number of carbonyl (C=O) groups is 1. The molecule has 0 spiro atoms. The molecule has 0 atom stereocenters. The van der Waals surface area contributed by atoms with Crippen LogP contribution in [0.5, 0.6) is 5.75 Å². The summed E-state index contributed by atoms with van der Waals surface area (Å²) in [4.78, 5) is 17.3. The zero-order valence-corrected chi connectivity index (χ0v) is 14.0. The number of amides is 1. The molecule has 0 unspecified atom stereocenters. The van der Waals surface area contributed by atoms with Crippen LogP contribution in [-0.2, 0) is 4.79 Å². The van der Waals surface area contributed by atoms with Gasteiger partial charge in [0.15, 0.2) is 0 Å². The van der Waals surface area contributed by atoms with E-state index in [2.05, 4.69) is 11.9 Å². The number of allylic oxidation sites excluding steroid dienone is 1. The van der Waals surface area contributed by atoms with Crippen LogP contribution >= 0.6 is 0 Å². The average Bonchev–Trinajstić information content (AvgIpc) is 3.14. The predicted octanol–water partition coefficient (Wildman–Crippen LogP) is 3.81. The Morgan fingerprint density at radius 1 is 1.08 bits per heavy atom. The highest BCUT2D eigenvalue weighted by Gasteiger charge is 2.37. The number of methoxy groups -OCH3 is 1. The first-order valence-corrected chi connectivity index (χ1v) is 8.23. The van der Waals surface area contributed by atoms with Crippen molar-refractivity contribution in [3.05, 3.63) is 59.8 Å². The van der Waals surface area contributed by atoms with E-state index in [9.17, 15) is 4.79 Å². The number of hydrogen-bond donors (Lipinski definition) is 0. The maximum atomic E-state index is 13.3. The van der Waals surface area contributed by atoms with Crippen molar-refractivity contribution >= 4 is 22.9 Å². The van der Waals surface area contributed by atoms with Gasteiger partial charge >= 0.3 is 0 Å². The fourth-order valence-electron chi connectivity index (χ4n) is 3.63. The Hall–Kier alpha value is -2.75. The van der Waals surface area contributed by atoms with E-state index in [0.29, 0.717) is 0 Å². The molecule has 4 nitrogen and oxygen atoms in total. The van der Waals surface area contributed by atoms with Crippen molar-refractivity contribution in [2.75, 3.05) is 25.6 Å². The van der Waals surface area contributed by atoms with Gasteiger partial charge < -0.3 is 9.64 Å². The van der Waals surface area contributed by atoms with Crippen LogP contribution in [0.3, 0.4) is 0 Å². The Kier molecular flexibility index (Phi) is 3.53. The Labute approximate surface area is 142 Å². The Balaban J connectivity index is 1.90. The molecule has 1 saturated heterocycles. The lowest BCUT2D eigenvalue weighted by Crippen LogP contribution is -2.22. The topological polar surface area (TPSA) is 32.8 Å². The van der Waals surface area contributed by atoms with Crippen molar-refractivity contribution < 1.29 is 9.53 Å². The number of carbonyl (C=O) groups excluding carboxylic acids is 1. The van der Waals surface area contributed by atoms with Crippen LogP contribution in [0.1, 0.15) is 18.4 Å². The average molecular weight is 320 g/mol. The van der Waals surface area contributed by atoms with E-state index in [4.69, 9.17) is 4.74 Å². The Bertz CT molecular complexity index is 841. The molecular weight excluding hydrogens is 300 g/mol. The highest BCUT2D eigenvalue weighted by molar-refractivity contribution is 6.35. The van der Waals surface area contributed by atoms with Gasteiger partial charge in [0.2, 0.25) is 0 Å². The molecule has 0 aliphatic carbocycles. The van der Waals surface area contributed by atoms with Gasteiger partial charge in [-0.2, -0.15) is 0 Å². The lowest BCUT2D eigenvalue weighted by Gasteiger charge is -2.19. The quantitative estimate of drug-likeness (QED) is 0.789. The van der Waals surface area contributed by atoms with Gasteiger partial charge in [0.05, 0.1) is 24.1 Å². The van der Waals surface area contributed by atoms with E-state index in [1.165, 1.54) is 0 Å². The first-order valence-electron chi connectivity index (χ1n) is 8.23. The summed E-state index contributed by atoms with van der Waals surface area (Å²) in [5, 5.41) is 0. The first kappa shape index (κ1) is 14.8. The van der Waals surface area contributed by atoms with Gasteiger partial charge in [-0.3, -0.25) is 9.69 Å². The van der Waals surface area contributed by atoms with Crippen molar-refractivity contribution in [1.29, 1.82) is 0 Å². The first-order chi connectivity index (χ1) is 11.7. The van der Waals surface area contributed by atoms with Gasteiger partial charge in [0.1, 0.15) is 5.75 Å². The molecule has 2 aliphatic heterocycles. The molecule has 1 amide bonds. The maximum absolute atomic E-state index is 13.3. The van der Waals surface area contributed by atoms with Gasteiger partial charge in [-0.15, -0.1) is 0 Å². The Morgan fingerprint density at radius 3 is 2.67 bits per heavy atom. The predicted molar refractivity (Wildman–Crippen MR) is 95.4 cm³/mol. The van der Waals surface area contributed by atoms with Crippen LogP contribution in [-0.4, -0.2) is 31.5 Å². The molecule has 0 saturated carbocycles. The van der Waals surface area contributed by atoms with Crippen LogP contribution in [0.15, 0.2) is 54.2 Å². The fraction of sp³-hybridized carbons (Fsp3) is 0.250. The van der Waals surface area contributed by atoms with Crippen LogP contribution < -0.4 is 9.64 Å². The molecule has 2 heterocycles. The number of benzene rings is 2. The third-order valence-electron chi connectivity index (χ3n) is 4.80. The molecule has 2 aliphatic rings. The number of likely N-dealkylation sites (tertiary alicyclic amines) is 1. The second kappa shape index (κ2) is 5.71. The zero-order chi connectivity index (χ0) is 16.7. The summed E-state index contributed by atoms with van der Waals surface area (Å²) in [6.45, 7) is 1.01. The number of nitrogens with zero attached hydrogens (tertiary/aromatic N) is 2. The second-order valence-electron chi connectivity index (χ2n) is 6.21. The smallest absolute Gasteiger partial charge is 0.265 e. The minimum Gasteiger partial charge on any atom is -0.497 e. The van der Waals surface area contributed by atoms with Crippen LogP contribution in [0.25, 0.3) is 5.57 Å². The van der Waals surface area contributed by atoms with Crippen molar-refractivity contribution in [1.82, 2.24) is 4.90 Å². The summed E-state index contributed by atoms with van der Waals surface area (Å²) in [7, 11) is 3.71. The molecule has 0 N–H and O–H groups in total. The van der Waals surface area contributed by atoms with Crippen molar-refractivity contribution in [2.24, 2.45) is 0 Å². The molecule has 4 rings (SSSR count). The molecule has 0 aromatic heterocycles. The molecule has 1 fully saturated rings. The van der Waals surface area contributed by atoms with Crippen molar-refractivity contribution in [2.45, 2.75) is 12.8 Å². The van der Waals surface area contributed by atoms with E-state index in [1.54, 1.807) is 12.0 Å². The van der Waals surface area contributed by atoms with Crippen molar-refractivity contribution in [3.63, 3.8) is 0 Å². The number of fused-ring (bicyclic) bond motifs is 1. The van der Waals surface area contributed by atoms with Gasteiger partial charge in [0.25, 0.3) is 5.91 Å². The zero-order valence-electron chi connectivity index (χ0n) is 14.0. The van der Waals surface area contributed by atoms with E-state index < -0.39 is 0 Å². The molecule has 0 bridgehead atoms. The number of para-hydroxylation sites is 1. The van der Waals surface area contributed by atoms with E-state index in [1.807, 2.05) is 48.5 Å². The molecule has 2 aromatic rings. The third-order valence-corrected chi connectivity index (χ3v) is 4.80. The largest absolute Gasteiger partial charge is 0.497 e. The highest BCUT2D eigenvalue weighted by atomic mass is 16.5. The van der Waals surface area contributed by atoms with E-state index >= 15 is 0 Å². The minimum atomic E-state index is 0.0493. The summed E-state index contributed by atoms with van der Waals surface area (Å²) in [5.41, 5.74) is 4.79. The summed E-state index contributed by atoms with van der Waals surface area (Å²) in [5.74, 6) is 0.796. The van der Waals surface area contributed by atoms with E-state index in [-0.39, 0.29) is 5.91 Å². The summed E-state index contributed by atoms with van der Waals surface area (Å²) >= 11 is 0. The molecule has 24 heavy (non-hydrogen) atoms. The number of ether oxygens (including phenoxy) is 1. The molecule has 122 valence electrons. The molecular formula is C20H20N2O2. The van der Waals surface area contributed by atoms with Gasteiger partial charge in [-0.1, -0.05) is 24.3 Å². The maximum Gasteiger partial charge on any atom is 0.265 e.